The van der Waals surface area contributed by atoms with Gasteiger partial charge in [0.25, 0.3) is 0 Å². The van der Waals surface area contributed by atoms with Gasteiger partial charge in [0.2, 0.25) is 0 Å². The number of nitrogens with zero attached hydrogens (tertiary/aromatic N) is 2. The van der Waals surface area contributed by atoms with Crippen LogP contribution < -0.4 is 10.1 Å². The number of methoxy groups -OCH3 is 1. The molecule has 1 heterocycles. The maximum absolute atomic E-state index is 11.0. The predicted octanol–water partition coefficient (Wildman–Crippen LogP) is 1.89. The first kappa shape index (κ1) is 14.9. The van der Waals surface area contributed by atoms with Crippen LogP contribution in [-0.4, -0.2) is 29.5 Å². The molecular weight excluding hydrogens is 270 g/mol. The largest absolute Gasteiger partial charge is 0.482 e. The summed E-state index contributed by atoms with van der Waals surface area (Å²) in [6.45, 7) is 2.61. The summed E-state index contributed by atoms with van der Waals surface area (Å²) in [5, 5.41) is 7.62. The van der Waals surface area contributed by atoms with Crippen LogP contribution in [0.2, 0.25) is 0 Å². The lowest BCUT2D eigenvalue weighted by Gasteiger charge is -2.08. The summed E-state index contributed by atoms with van der Waals surface area (Å²) in [6.07, 6.45) is 2.00. The molecule has 0 radical (unpaired) electrons. The molecule has 2 rings (SSSR count). The molecule has 0 saturated carbocycles. The number of carbonyl (C=O) groups excluding carboxylic acids is 1. The summed E-state index contributed by atoms with van der Waals surface area (Å²) < 4.78 is 11.6. The molecule has 0 aliphatic carbocycles. The Morgan fingerprint density at radius 3 is 2.62 bits per heavy atom. The van der Waals surface area contributed by atoms with Crippen LogP contribution in [0.25, 0.3) is 0 Å². The molecule has 21 heavy (non-hydrogen) atoms. The molecule has 0 bridgehead atoms. The molecule has 1 aromatic carbocycles. The summed E-state index contributed by atoms with van der Waals surface area (Å²) in [5.74, 6) is 0.229. The molecule has 0 fully saturated rings. The van der Waals surface area contributed by atoms with E-state index in [4.69, 9.17) is 4.74 Å². The lowest BCUT2D eigenvalue weighted by atomic mass is 10.2. The van der Waals surface area contributed by atoms with Crippen molar-refractivity contribution in [2.75, 3.05) is 19.0 Å². The van der Waals surface area contributed by atoms with Crippen LogP contribution in [0.3, 0.4) is 0 Å². The van der Waals surface area contributed by atoms with E-state index in [0.29, 0.717) is 12.3 Å². The Kier molecular flexibility index (Phi) is 4.81. The number of anilines is 1. The van der Waals surface area contributed by atoms with E-state index in [-0.39, 0.29) is 6.61 Å². The summed E-state index contributed by atoms with van der Waals surface area (Å²) in [4.78, 5) is 11.0. The quantitative estimate of drug-likeness (QED) is 0.823. The highest BCUT2D eigenvalue weighted by Crippen LogP contribution is 2.17. The van der Waals surface area contributed by atoms with Gasteiger partial charge in [-0.15, -0.1) is 0 Å². The van der Waals surface area contributed by atoms with Gasteiger partial charge in [-0.25, -0.2) is 4.79 Å². The van der Waals surface area contributed by atoms with Crippen molar-refractivity contribution < 1.29 is 14.3 Å². The number of hydrogen-bond donors (Lipinski definition) is 1. The number of aryl methyl sites for hydroxylation is 2. The van der Waals surface area contributed by atoms with Crippen LogP contribution >= 0.6 is 0 Å². The number of esters is 1. The molecule has 0 aliphatic rings. The van der Waals surface area contributed by atoms with Crippen LogP contribution in [0.1, 0.15) is 11.3 Å². The van der Waals surface area contributed by atoms with E-state index in [1.807, 2.05) is 32.3 Å². The fourth-order valence-corrected chi connectivity index (χ4v) is 1.89. The van der Waals surface area contributed by atoms with Gasteiger partial charge in [0.05, 0.1) is 12.8 Å². The number of aromatic nitrogens is 2. The third-order valence-corrected chi connectivity index (χ3v) is 3.04. The summed E-state index contributed by atoms with van der Waals surface area (Å²) in [6, 6.07) is 7.42. The smallest absolute Gasteiger partial charge is 0.343 e. The monoisotopic (exact) mass is 289 g/mol. The normalized spacial score (nSPS) is 10.2. The Balaban J connectivity index is 1.87. The highest BCUT2D eigenvalue weighted by Gasteiger charge is 2.04. The van der Waals surface area contributed by atoms with Crippen LogP contribution in [0, 0.1) is 6.92 Å². The van der Waals surface area contributed by atoms with Crippen LogP contribution in [0.5, 0.6) is 5.75 Å². The van der Waals surface area contributed by atoms with Crippen molar-refractivity contribution in [2.45, 2.75) is 13.5 Å². The Hall–Kier alpha value is -2.50. The van der Waals surface area contributed by atoms with Crippen molar-refractivity contribution >= 4 is 11.7 Å². The van der Waals surface area contributed by atoms with Gasteiger partial charge in [-0.05, 0) is 31.2 Å². The highest BCUT2D eigenvalue weighted by atomic mass is 16.6. The third kappa shape index (κ3) is 4.24. The van der Waals surface area contributed by atoms with Gasteiger partial charge in [0.15, 0.2) is 6.61 Å². The van der Waals surface area contributed by atoms with E-state index < -0.39 is 5.97 Å². The number of hydrogen-bond acceptors (Lipinski definition) is 5. The van der Waals surface area contributed by atoms with Crippen molar-refractivity contribution in [1.82, 2.24) is 9.78 Å². The number of nitrogens with one attached hydrogen (secondary N) is 1. The van der Waals surface area contributed by atoms with E-state index in [1.54, 1.807) is 16.8 Å². The molecule has 1 aromatic heterocycles. The van der Waals surface area contributed by atoms with Gasteiger partial charge in [-0.1, -0.05) is 0 Å². The van der Waals surface area contributed by atoms with Gasteiger partial charge >= 0.3 is 5.97 Å². The molecule has 1 N–H and O–H groups in total. The average molecular weight is 289 g/mol. The van der Waals surface area contributed by atoms with Crippen LogP contribution in [0.4, 0.5) is 5.69 Å². The van der Waals surface area contributed by atoms with E-state index in [1.165, 1.54) is 7.11 Å². The van der Waals surface area contributed by atoms with Gasteiger partial charge < -0.3 is 14.8 Å². The van der Waals surface area contributed by atoms with E-state index in [9.17, 15) is 4.79 Å². The molecule has 6 nitrogen and oxygen atoms in total. The number of rotatable bonds is 6. The summed E-state index contributed by atoms with van der Waals surface area (Å²) >= 11 is 0. The number of carbonyl (C=O) groups is 1. The summed E-state index contributed by atoms with van der Waals surface area (Å²) in [5.41, 5.74) is 3.15. The molecular formula is C15H19N3O3. The second-order valence-electron chi connectivity index (χ2n) is 4.66. The maximum Gasteiger partial charge on any atom is 0.343 e. The third-order valence-electron chi connectivity index (χ3n) is 3.04. The van der Waals surface area contributed by atoms with Crippen molar-refractivity contribution in [3.63, 3.8) is 0 Å². The Bertz CT molecular complexity index is 605. The lowest BCUT2D eigenvalue weighted by molar-refractivity contribution is -0.142. The number of ether oxygens (including phenoxy) is 2. The van der Waals surface area contributed by atoms with Gasteiger partial charge in [0.1, 0.15) is 5.75 Å². The Morgan fingerprint density at radius 2 is 2.05 bits per heavy atom. The molecule has 0 amide bonds. The fraction of sp³-hybridized carbons (Fsp3) is 0.333. The van der Waals surface area contributed by atoms with E-state index in [0.717, 1.165) is 16.9 Å². The minimum Gasteiger partial charge on any atom is -0.482 e. The first-order valence-corrected chi connectivity index (χ1v) is 6.61. The van der Waals surface area contributed by atoms with Crippen LogP contribution in [-0.2, 0) is 23.1 Å². The number of benzene rings is 1. The molecule has 0 spiro atoms. The SMILES string of the molecule is COC(=O)COc1ccc(NCc2cn(C)nc2C)cc1. The van der Waals surface area contributed by atoms with E-state index in [2.05, 4.69) is 15.2 Å². The summed E-state index contributed by atoms with van der Waals surface area (Å²) in [7, 11) is 3.24. The predicted molar refractivity (Wildman–Crippen MR) is 79.2 cm³/mol. The zero-order chi connectivity index (χ0) is 15.2. The zero-order valence-electron chi connectivity index (χ0n) is 12.4. The lowest BCUT2D eigenvalue weighted by Crippen LogP contribution is -2.12. The molecule has 112 valence electrons. The minimum absolute atomic E-state index is 0.0852. The molecule has 6 heteroatoms. The molecule has 0 unspecified atom stereocenters. The first-order valence-electron chi connectivity index (χ1n) is 6.61. The standard InChI is InChI=1S/C15H19N3O3/c1-11-12(9-18(2)17-11)8-16-13-4-6-14(7-5-13)21-10-15(19)20-3/h4-7,9,16H,8,10H2,1-3H3. The van der Waals surface area contributed by atoms with Gasteiger partial charge in [-0.3, -0.25) is 4.68 Å². The molecule has 0 saturated heterocycles. The van der Waals surface area contributed by atoms with Gasteiger partial charge in [-0.2, -0.15) is 5.10 Å². The second kappa shape index (κ2) is 6.78. The van der Waals surface area contributed by atoms with Crippen molar-refractivity contribution in [3.05, 3.63) is 41.7 Å². The zero-order valence-corrected chi connectivity index (χ0v) is 12.4. The van der Waals surface area contributed by atoms with Crippen LogP contribution in [0.15, 0.2) is 30.5 Å². The topological polar surface area (TPSA) is 65.4 Å². The van der Waals surface area contributed by atoms with Crippen molar-refractivity contribution in [1.29, 1.82) is 0 Å². The Morgan fingerprint density at radius 1 is 1.33 bits per heavy atom. The van der Waals surface area contributed by atoms with E-state index >= 15 is 0 Å². The average Bonchev–Trinajstić information content (AvgIpc) is 2.81. The first-order chi connectivity index (χ1) is 10.1. The molecule has 2 aromatic rings. The van der Waals surface area contributed by atoms with Crippen molar-refractivity contribution in [2.24, 2.45) is 7.05 Å². The molecule has 0 atom stereocenters. The van der Waals surface area contributed by atoms with Crippen molar-refractivity contribution in [3.8, 4) is 5.75 Å². The second-order valence-corrected chi connectivity index (χ2v) is 4.66. The van der Waals surface area contributed by atoms with Gasteiger partial charge in [0, 0.05) is 31.0 Å². The fourth-order valence-electron chi connectivity index (χ4n) is 1.89. The molecule has 0 aliphatic heterocycles. The minimum atomic E-state index is -0.399. The Labute approximate surface area is 123 Å². The maximum atomic E-state index is 11.0. The highest BCUT2D eigenvalue weighted by molar-refractivity contribution is 5.70.